The lowest BCUT2D eigenvalue weighted by atomic mass is 10.1. The number of pyridine rings is 1. The summed E-state index contributed by atoms with van der Waals surface area (Å²) < 4.78 is 0. The molecule has 0 fully saturated rings. The smallest absolute Gasteiger partial charge is 0.253 e. The lowest BCUT2D eigenvalue weighted by Gasteiger charge is -2.26. The Kier molecular flexibility index (Phi) is 6.43. The Morgan fingerprint density at radius 2 is 1.61 bits per heavy atom. The van der Waals surface area contributed by atoms with E-state index in [9.17, 15) is 4.79 Å². The monoisotopic (exact) mass is 427 g/mol. The van der Waals surface area contributed by atoms with E-state index < -0.39 is 0 Å². The highest BCUT2D eigenvalue weighted by atomic mass is 32.1. The van der Waals surface area contributed by atoms with Gasteiger partial charge in [-0.1, -0.05) is 61.5 Å². The Balaban J connectivity index is 1.65. The van der Waals surface area contributed by atoms with Crippen molar-refractivity contribution in [2.75, 3.05) is 5.32 Å². The van der Waals surface area contributed by atoms with E-state index in [4.69, 9.17) is 12.2 Å². The Morgan fingerprint density at radius 3 is 2.32 bits per heavy atom. The lowest BCUT2D eigenvalue weighted by molar-refractivity contribution is 0.411. The zero-order chi connectivity index (χ0) is 21.6. The number of hydrogen-bond acceptors (Lipinski definition) is 2. The molecular weight excluding hydrogens is 402 g/mol. The average Bonchev–Trinajstić information content (AvgIpc) is 2.80. The molecule has 0 atom stereocenters. The van der Waals surface area contributed by atoms with Gasteiger partial charge in [0.2, 0.25) is 0 Å². The molecule has 3 aromatic carbocycles. The number of nitrogens with zero attached hydrogens (tertiary/aromatic N) is 1. The highest BCUT2D eigenvalue weighted by Gasteiger charge is 2.14. The first-order valence-electron chi connectivity index (χ1n) is 10.4. The van der Waals surface area contributed by atoms with Crippen LogP contribution in [0.4, 0.5) is 5.69 Å². The van der Waals surface area contributed by atoms with E-state index in [0.29, 0.717) is 23.8 Å². The van der Waals surface area contributed by atoms with E-state index in [1.807, 2.05) is 65.6 Å². The van der Waals surface area contributed by atoms with Crippen molar-refractivity contribution in [1.29, 1.82) is 0 Å². The van der Waals surface area contributed by atoms with Gasteiger partial charge in [-0.25, -0.2) is 0 Å². The molecule has 156 valence electrons. The third-order valence-corrected chi connectivity index (χ3v) is 5.64. The largest absolute Gasteiger partial charge is 0.340 e. The molecule has 31 heavy (non-hydrogen) atoms. The lowest BCUT2D eigenvalue weighted by Crippen LogP contribution is -2.35. The SMILES string of the molecule is CCc1ccc2[nH]c(=O)c(CN(Cc3ccccc3)C(=S)Nc3ccccc3)cc2c1. The molecule has 0 bridgehead atoms. The number of aromatic nitrogens is 1. The number of nitrogens with one attached hydrogen (secondary N) is 2. The molecule has 0 saturated carbocycles. The van der Waals surface area contributed by atoms with Gasteiger partial charge in [-0.15, -0.1) is 0 Å². The van der Waals surface area contributed by atoms with Crippen LogP contribution in [0, 0.1) is 0 Å². The van der Waals surface area contributed by atoms with Gasteiger partial charge >= 0.3 is 0 Å². The number of aryl methyl sites for hydroxylation is 1. The summed E-state index contributed by atoms with van der Waals surface area (Å²) in [5.74, 6) is 0. The van der Waals surface area contributed by atoms with Gasteiger partial charge < -0.3 is 15.2 Å². The van der Waals surface area contributed by atoms with Crippen molar-refractivity contribution < 1.29 is 0 Å². The van der Waals surface area contributed by atoms with Gasteiger partial charge in [0.15, 0.2) is 5.11 Å². The molecule has 0 unspecified atom stereocenters. The zero-order valence-electron chi connectivity index (χ0n) is 17.5. The summed E-state index contributed by atoms with van der Waals surface area (Å²) in [7, 11) is 0. The molecular formula is C26H25N3OS. The second-order valence-electron chi connectivity index (χ2n) is 7.54. The molecule has 0 aliphatic rings. The number of aromatic amines is 1. The van der Waals surface area contributed by atoms with Crippen LogP contribution < -0.4 is 10.9 Å². The third-order valence-electron chi connectivity index (χ3n) is 5.28. The Bertz CT molecular complexity index is 1240. The van der Waals surface area contributed by atoms with Crippen molar-refractivity contribution in [2.24, 2.45) is 0 Å². The van der Waals surface area contributed by atoms with Crippen LogP contribution in [0.3, 0.4) is 0 Å². The minimum absolute atomic E-state index is 0.0858. The number of fused-ring (bicyclic) bond motifs is 1. The Hall–Kier alpha value is -3.44. The van der Waals surface area contributed by atoms with Crippen molar-refractivity contribution in [2.45, 2.75) is 26.4 Å². The van der Waals surface area contributed by atoms with Crippen molar-refractivity contribution in [3.05, 3.63) is 112 Å². The van der Waals surface area contributed by atoms with Crippen LogP contribution in [0.15, 0.2) is 89.7 Å². The minimum atomic E-state index is -0.0858. The van der Waals surface area contributed by atoms with Crippen molar-refractivity contribution >= 4 is 33.9 Å². The van der Waals surface area contributed by atoms with Crippen molar-refractivity contribution in [3.8, 4) is 0 Å². The van der Waals surface area contributed by atoms with Crippen LogP contribution in [0.1, 0.15) is 23.6 Å². The summed E-state index contributed by atoms with van der Waals surface area (Å²) in [6, 6.07) is 28.1. The third kappa shape index (κ3) is 5.19. The second kappa shape index (κ2) is 9.58. The average molecular weight is 428 g/mol. The maximum absolute atomic E-state index is 12.8. The van der Waals surface area contributed by atoms with Crippen molar-refractivity contribution in [1.82, 2.24) is 9.88 Å². The molecule has 4 nitrogen and oxygen atoms in total. The number of thiocarbonyl (C=S) groups is 1. The molecule has 4 rings (SSSR count). The molecule has 2 N–H and O–H groups in total. The summed E-state index contributed by atoms with van der Waals surface area (Å²) in [4.78, 5) is 17.9. The van der Waals surface area contributed by atoms with Crippen LogP contribution in [-0.2, 0) is 19.5 Å². The van der Waals surface area contributed by atoms with Crippen molar-refractivity contribution in [3.63, 3.8) is 0 Å². The van der Waals surface area contributed by atoms with Crippen LogP contribution in [0.2, 0.25) is 0 Å². The predicted molar refractivity (Wildman–Crippen MR) is 132 cm³/mol. The standard InChI is InChI=1S/C26H25N3OS/c1-2-19-13-14-24-21(15-19)16-22(25(30)28-24)18-29(17-20-9-5-3-6-10-20)26(31)27-23-11-7-4-8-12-23/h3-16H,2,17-18H2,1H3,(H,27,31)(H,28,30). The summed E-state index contributed by atoms with van der Waals surface area (Å²) in [5.41, 5.74) is 4.75. The van der Waals surface area contributed by atoms with E-state index in [0.717, 1.165) is 28.6 Å². The van der Waals surface area contributed by atoms with Gasteiger partial charge in [0.05, 0.1) is 6.54 Å². The highest BCUT2D eigenvalue weighted by molar-refractivity contribution is 7.80. The molecule has 0 saturated heterocycles. The number of benzene rings is 3. The summed E-state index contributed by atoms with van der Waals surface area (Å²) in [6.07, 6.45) is 0.954. The highest BCUT2D eigenvalue weighted by Crippen LogP contribution is 2.17. The molecule has 0 spiro atoms. The van der Waals surface area contributed by atoms with Gasteiger partial charge in [0.1, 0.15) is 0 Å². The summed E-state index contributed by atoms with van der Waals surface area (Å²) >= 11 is 5.74. The molecule has 1 heterocycles. The molecule has 0 amide bonds. The van der Waals surface area contributed by atoms with E-state index >= 15 is 0 Å². The quantitative estimate of drug-likeness (QED) is 0.400. The molecule has 0 aliphatic heterocycles. The van der Waals surface area contributed by atoms with Gasteiger partial charge in [-0.3, -0.25) is 4.79 Å². The van der Waals surface area contributed by atoms with Crippen LogP contribution in [0.5, 0.6) is 0 Å². The number of H-pyrrole nitrogens is 1. The second-order valence-corrected chi connectivity index (χ2v) is 7.92. The van der Waals surface area contributed by atoms with Crippen LogP contribution in [-0.4, -0.2) is 15.0 Å². The Labute approximate surface area is 187 Å². The molecule has 0 radical (unpaired) electrons. The summed E-state index contributed by atoms with van der Waals surface area (Å²) in [5, 5.41) is 4.92. The topological polar surface area (TPSA) is 48.1 Å². The number of rotatable bonds is 6. The maximum Gasteiger partial charge on any atom is 0.253 e. The molecule has 0 aliphatic carbocycles. The van der Waals surface area contributed by atoms with Gasteiger partial charge in [0, 0.05) is 23.3 Å². The molecule has 1 aromatic heterocycles. The fourth-order valence-electron chi connectivity index (χ4n) is 3.57. The molecule has 5 heteroatoms. The maximum atomic E-state index is 12.8. The van der Waals surface area contributed by atoms with E-state index in [2.05, 4.69) is 41.5 Å². The first-order chi connectivity index (χ1) is 15.1. The van der Waals surface area contributed by atoms with E-state index in [1.165, 1.54) is 5.56 Å². The first kappa shape index (κ1) is 20.8. The van der Waals surface area contributed by atoms with Crippen LogP contribution in [0.25, 0.3) is 10.9 Å². The fourth-order valence-corrected chi connectivity index (χ4v) is 3.82. The number of para-hydroxylation sites is 1. The number of anilines is 1. The Morgan fingerprint density at radius 1 is 0.903 bits per heavy atom. The van der Waals surface area contributed by atoms with E-state index in [1.54, 1.807) is 0 Å². The summed E-state index contributed by atoms with van der Waals surface area (Å²) in [6.45, 7) is 3.14. The normalized spacial score (nSPS) is 10.7. The molecule has 4 aromatic rings. The van der Waals surface area contributed by atoms with Gasteiger partial charge in [-0.2, -0.15) is 0 Å². The zero-order valence-corrected chi connectivity index (χ0v) is 18.3. The fraction of sp³-hybridized carbons (Fsp3) is 0.154. The number of hydrogen-bond donors (Lipinski definition) is 2. The minimum Gasteiger partial charge on any atom is -0.340 e. The van der Waals surface area contributed by atoms with Crippen LogP contribution >= 0.6 is 12.2 Å². The van der Waals surface area contributed by atoms with Gasteiger partial charge in [0.25, 0.3) is 5.56 Å². The van der Waals surface area contributed by atoms with E-state index in [-0.39, 0.29) is 5.56 Å². The first-order valence-corrected chi connectivity index (χ1v) is 10.8. The predicted octanol–water partition coefficient (Wildman–Crippen LogP) is 5.49. The van der Waals surface area contributed by atoms with Gasteiger partial charge in [-0.05, 0) is 65.5 Å².